The van der Waals surface area contributed by atoms with E-state index in [1.54, 1.807) is 17.5 Å². The summed E-state index contributed by atoms with van der Waals surface area (Å²) < 4.78 is 45.9. The molecule has 6 rings (SSSR count). The van der Waals surface area contributed by atoms with Crippen molar-refractivity contribution in [1.82, 2.24) is 25.0 Å². The quantitative estimate of drug-likeness (QED) is 0.217. The van der Waals surface area contributed by atoms with Crippen LogP contribution in [0.1, 0.15) is 54.3 Å². The predicted molar refractivity (Wildman–Crippen MR) is 163 cm³/mol. The van der Waals surface area contributed by atoms with Crippen LogP contribution in [0.3, 0.4) is 0 Å². The number of nitrogens with one attached hydrogen (secondary N) is 1. The molecule has 230 valence electrons. The minimum atomic E-state index is -4.35. The molecular weight excluding hydrogens is 575 g/mol. The number of fused-ring (bicyclic) bond motifs is 1. The molecule has 7 nitrogen and oxygen atoms in total. The van der Waals surface area contributed by atoms with E-state index in [-0.39, 0.29) is 6.61 Å². The van der Waals surface area contributed by atoms with Crippen molar-refractivity contribution in [2.75, 3.05) is 45.9 Å². The largest absolute Gasteiger partial charge is 0.491 e. The van der Waals surface area contributed by atoms with E-state index in [0.29, 0.717) is 24.4 Å². The Hall–Kier alpha value is -2.99. The van der Waals surface area contributed by atoms with Gasteiger partial charge < -0.3 is 14.7 Å². The van der Waals surface area contributed by atoms with Crippen molar-refractivity contribution in [3.05, 3.63) is 64.9 Å². The molecule has 1 aliphatic carbocycles. The molecule has 0 unspecified atom stereocenters. The van der Waals surface area contributed by atoms with Gasteiger partial charge >= 0.3 is 6.18 Å². The fourth-order valence-electron chi connectivity index (χ4n) is 6.14. The van der Waals surface area contributed by atoms with Gasteiger partial charge in [-0.2, -0.15) is 18.3 Å². The van der Waals surface area contributed by atoms with Gasteiger partial charge in [0.15, 0.2) is 0 Å². The lowest BCUT2D eigenvalue weighted by atomic mass is 9.90. The Balaban J connectivity index is 0.931. The molecule has 11 heteroatoms. The zero-order chi connectivity index (χ0) is 29.8. The molecule has 3 heterocycles. The first-order valence-electron chi connectivity index (χ1n) is 15.2. The van der Waals surface area contributed by atoms with Gasteiger partial charge in [-0.15, -0.1) is 11.3 Å². The first-order chi connectivity index (χ1) is 20.8. The van der Waals surface area contributed by atoms with E-state index in [0.717, 1.165) is 67.4 Å². The molecule has 2 N–H and O–H groups in total. The fraction of sp³-hybridized carbons (Fsp3) is 0.500. The molecule has 1 saturated carbocycles. The van der Waals surface area contributed by atoms with E-state index in [1.807, 2.05) is 12.1 Å². The summed E-state index contributed by atoms with van der Waals surface area (Å²) in [6.45, 7) is 5.03. The Bertz CT molecular complexity index is 1470. The number of H-pyrrole nitrogens is 1. The zero-order valence-electron chi connectivity index (χ0n) is 24.2. The van der Waals surface area contributed by atoms with Gasteiger partial charge in [0, 0.05) is 69.4 Å². The average molecular weight is 614 g/mol. The van der Waals surface area contributed by atoms with Crippen LogP contribution in [0.15, 0.2) is 48.7 Å². The van der Waals surface area contributed by atoms with Gasteiger partial charge in [-0.05, 0) is 42.7 Å². The number of aromatic amines is 1. The Kier molecular flexibility index (Phi) is 9.32. The highest BCUT2D eigenvalue weighted by atomic mass is 32.1. The summed E-state index contributed by atoms with van der Waals surface area (Å²) in [5.74, 6) is 1.33. The van der Waals surface area contributed by atoms with Crippen molar-refractivity contribution in [3.8, 4) is 16.9 Å². The molecular formula is C32H38F3N5O2S. The number of alkyl halides is 3. The van der Waals surface area contributed by atoms with Crippen LogP contribution in [0, 0.1) is 0 Å². The molecule has 2 aromatic carbocycles. The number of piperazine rings is 1. The molecule has 0 radical (unpaired) electrons. The summed E-state index contributed by atoms with van der Waals surface area (Å²) in [5.41, 5.74) is 2.71. The number of thiazole rings is 1. The maximum atomic E-state index is 12.9. The van der Waals surface area contributed by atoms with Gasteiger partial charge in [-0.1, -0.05) is 31.4 Å². The van der Waals surface area contributed by atoms with Crippen molar-refractivity contribution in [3.63, 3.8) is 0 Å². The number of hydrogen-bond acceptors (Lipinski definition) is 7. The van der Waals surface area contributed by atoms with Crippen molar-refractivity contribution in [2.45, 2.75) is 56.7 Å². The standard InChI is InChI=1S/C32H38F3N5O2S/c33-32(34,35)24-8-6-22(7-9-24)27-19-36-38-28(27)12-13-39-14-16-40(17-15-39)20-25(41)21-42-26-10-11-30-29(18-26)37-31(43-30)23-4-2-1-3-5-23/h6-11,18-19,23,25,41H,1-5,12-17,20-21H2,(H,36,38)/t25-/m1/s1. The third kappa shape index (κ3) is 7.57. The lowest BCUT2D eigenvalue weighted by molar-refractivity contribution is -0.137. The van der Waals surface area contributed by atoms with Crippen LogP contribution in [0.4, 0.5) is 13.2 Å². The number of aliphatic hydroxyl groups excluding tert-OH is 1. The molecule has 2 aliphatic rings. The average Bonchev–Trinajstić information content (AvgIpc) is 3.67. The molecule has 1 atom stereocenters. The fourth-order valence-corrected chi connectivity index (χ4v) is 7.26. The summed E-state index contributed by atoms with van der Waals surface area (Å²) in [6, 6.07) is 11.3. The SMILES string of the molecule is O[C@@H](COc1ccc2sc(C3CCCCC3)nc2c1)CN1CCN(CCc2n[nH]cc2-c2ccc(C(F)(F)F)cc2)CC1. The van der Waals surface area contributed by atoms with Crippen molar-refractivity contribution in [2.24, 2.45) is 0 Å². The smallest absolute Gasteiger partial charge is 0.416 e. The molecule has 4 aromatic rings. The molecule has 1 saturated heterocycles. The first-order valence-corrected chi connectivity index (χ1v) is 16.0. The van der Waals surface area contributed by atoms with Crippen LogP contribution in [0.2, 0.25) is 0 Å². The number of halogens is 3. The van der Waals surface area contributed by atoms with Crippen LogP contribution in [-0.4, -0.2) is 82.1 Å². The Morgan fingerprint density at radius 3 is 2.49 bits per heavy atom. The highest BCUT2D eigenvalue weighted by Gasteiger charge is 2.30. The number of ether oxygens (including phenoxy) is 1. The van der Waals surface area contributed by atoms with E-state index in [9.17, 15) is 18.3 Å². The molecule has 0 bridgehead atoms. The number of β-amino-alcohol motifs (C(OH)–C–C–N with tert-alkyl or cyclic N) is 1. The number of benzene rings is 2. The van der Waals surface area contributed by atoms with Gasteiger partial charge in [0.25, 0.3) is 0 Å². The van der Waals surface area contributed by atoms with Gasteiger partial charge in [0.2, 0.25) is 0 Å². The summed E-state index contributed by atoms with van der Waals surface area (Å²) >= 11 is 1.80. The van der Waals surface area contributed by atoms with E-state index in [2.05, 4.69) is 26.1 Å². The summed E-state index contributed by atoms with van der Waals surface area (Å²) in [6.07, 6.45) is 3.89. The number of nitrogens with zero attached hydrogens (tertiary/aromatic N) is 4. The highest BCUT2D eigenvalue weighted by molar-refractivity contribution is 7.18. The van der Waals surface area contributed by atoms with E-state index in [1.165, 1.54) is 53.9 Å². The molecule has 1 aliphatic heterocycles. The lowest BCUT2D eigenvalue weighted by Gasteiger charge is -2.35. The summed E-state index contributed by atoms with van der Waals surface area (Å²) in [7, 11) is 0. The summed E-state index contributed by atoms with van der Waals surface area (Å²) in [4.78, 5) is 9.52. The third-order valence-electron chi connectivity index (χ3n) is 8.61. The Morgan fingerprint density at radius 1 is 1.00 bits per heavy atom. The van der Waals surface area contributed by atoms with E-state index in [4.69, 9.17) is 9.72 Å². The van der Waals surface area contributed by atoms with Crippen LogP contribution in [0.5, 0.6) is 5.75 Å². The number of rotatable bonds is 10. The topological polar surface area (TPSA) is 77.5 Å². The van der Waals surface area contributed by atoms with E-state index < -0.39 is 17.8 Å². The normalized spacial score (nSPS) is 18.3. The molecule has 0 spiro atoms. The maximum absolute atomic E-state index is 12.9. The Morgan fingerprint density at radius 2 is 1.74 bits per heavy atom. The highest BCUT2D eigenvalue weighted by Crippen LogP contribution is 2.37. The van der Waals surface area contributed by atoms with Crippen molar-refractivity contribution < 1.29 is 23.0 Å². The number of aliphatic hydroxyl groups is 1. The minimum Gasteiger partial charge on any atom is -0.491 e. The number of hydrogen-bond donors (Lipinski definition) is 2. The predicted octanol–water partition coefficient (Wildman–Crippen LogP) is 6.35. The van der Waals surface area contributed by atoms with Crippen molar-refractivity contribution >= 4 is 21.6 Å². The van der Waals surface area contributed by atoms with Crippen LogP contribution >= 0.6 is 11.3 Å². The second-order valence-electron chi connectivity index (χ2n) is 11.7. The van der Waals surface area contributed by atoms with Crippen LogP contribution in [0.25, 0.3) is 21.3 Å². The van der Waals surface area contributed by atoms with Gasteiger partial charge in [0.05, 0.1) is 26.5 Å². The Labute approximate surface area is 253 Å². The maximum Gasteiger partial charge on any atom is 0.416 e. The first kappa shape index (κ1) is 30.1. The second kappa shape index (κ2) is 13.3. The van der Waals surface area contributed by atoms with E-state index >= 15 is 0 Å². The van der Waals surface area contributed by atoms with Crippen LogP contribution in [-0.2, 0) is 12.6 Å². The lowest BCUT2D eigenvalue weighted by Crippen LogP contribution is -2.49. The van der Waals surface area contributed by atoms with Gasteiger partial charge in [0.1, 0.15) is 18.5 Å². The molecule has 2 aromatic heterocycles. The molecule has 0 amide bonds. The van der Waals surface area contributed by atoms with Gasteiger partial charge in [-0.25, -0.2) is 4.98 Å². The second-order valence-corrected chi connectivity index (χ2v) is 12.8. The third-order valence-corrected chi connectivity index (χ3v) is 9.81. The summed E-state index contributed by atoms with van der Waals surface area (Å²) in [5, 5.41) is 19.1. The molecule has 43 heavy (non-hydrogen) atoms. The van der Waals surface area contributed by atoms with Gasteiger partial charge in [-0.3, -0.25) is 10.00 Å². The minimum absolute atomic E-state index is 0.233. The van der Waals surface area contributed by atoms with Crippen LogP contribution < -0.4 is 4.74 Å². The zero-order valence-corrected chi connectivity index (χ0v) is 25.0. The molecule has 2 fully saturated rings. The van der Waals surface area contributed by atoms with Crippen molar-refractivity contribution in [1.29, 1.82) is 0 Å². The number of aromatic nitrogens is 3. The monoisotopic (exact) mass is 613 g/mol.